The molecule has 0 radical (unpaired) electrons. The van der Waals surface area contributed by atoms with Gasteiger partial charge < -0.3 is 14.8 Å². The first kappa shape index (κ1) is 18.6. The van der Waals surface area contributed by atoms with Gasteiger partial charge in [0, 0.05) is 17.3 Å². The van der Waals surface area contributed by atoms with Crippen LogP contribution >= 0.6 is 0 Å². The van der Waals surface area contributed by atoms with Crippen LogP contribution in [-0.2, 0) is 4.74 Å². The van der Waals surface area contributed by atoms with E-state index in [1.165, 1.54) is 12.3 Å². The topological polar surface area (TPSA) is 60.5 Å². The Morgan fingerprint density at radius 3 is 2.67 bits per heavy atom. The van der Waals surface area contributed by atoms with Crippen molar-refractivity contribution in [1.82, 2.24) is 4.98 Å². The maximum Gasteiger partial charge on any atom is 0.341 e. The molecular weight excluding hydrogens is 347 g/mol. The molecule has 0 aliphatic rings. The number of fused-ring (bicyclic) bond motifs is 1. The Morgan fingerprint density at radius 1 is 1.15 bits per heavy atom. The number of pyridine rings is 1. The van der Waals surface area contributed by atoms with Crippen molar-refractivity contribution in [2.24, 2.45) is 0 Å². The Bertz CT molecular complexity index is 989. The molecule has 0 aliphatic carbocycles. The van der Waals surface area contributed by atoms with Gasteiger partial charge in [0.05, 0.1) is 24.4 Å². The summed E-state index contributed by atoms with van der Waals surface area (Å²) < 4.78 is 24.7. The van der Waals surface area contributed by atoms with E-state index in [9.17, 15) is 9.18 Å². The van der Waals surface area contributed by atoms with Crippen molar-refractivity contribution < 1.29 is 18.7 Å². The second-order valence-electron chi connectivity index (χ2n) is 5.97. The summed E-state index contributed by atoms with van der Waals surface area (Å²) in [5, 5.41) is 3.84. The summed E-state index contributed by atoms with van der Waals surface area (Å²) in [6.45, 7) is 6.09. The zero-order valence-electron chi connectivity index (χ0n) is 15.5. The highest BCUT2D eigenvalue weighted by Crippen LogP contribution is 2.32. The molecule has 27 heavy (non-hydrogen) atoms. The van der Waals surface area contributed by atoms with E-state index >= 15 is 0 Å². The molecule has 0 unspecified atom stereocenters. The van der Waals surface area contributed by atoms with Crippen molar-refractivity contribution in [2.75, 3.05) is 18.5 Å². The number of ether oxygens (including phenoxy) is 2. The van der Waals surface area contributed by atoms with Crippen LogP contribution in [0, 0.1) is 12.7 Å². The molecule has 2 aromatic carbocycles. The highest BCUT2D eigenvalue weighted by Gasteiger charge is 2.18. The van der Waals surface area contributed by atoms with E-state index in [0.29, 0.717) is 40.2 Å². The van der Waals surface area contributed by atoms with E-state index in [0.717, 1.165) is 0 Å². The second kappa shape index (κ2) is 8.03. The third-order valence-corrected chi connectivity index (χ3v) is 4.09. The maximum atomic E-state index is 14.0. The lowest BCUT2D eigenvalue weighted by Crippen LogP contribution is -2.09. The fourth-order valence-corrected chi connectivity index (χ4v) is 2.74. The summed E-state index contributed by atoms with van der Waals surface area (Å²) in [5.74, 6) is -0.166. The number of hydrogen-bond acceptors (Lipinski definition) is 5. The van der Waals surface area contributed by atoms with Crippen LogP contribution in [0.25, 0.3) is 10.9 Å². The number of aromatic nitrogens is 1. The first-order valence-electron chi connectivity index (χ1n) is 8.79. The molecule has 3 rings (SSSR count). The van der Waals surface area contributed by atoms with Gasteiger partial charge in [-0.25, -0.2) is 9.18 Å². The Morgan fingerprint density at radius 2 is 1.96 bits per heavy atom. The molecule has 0 saturated heterocycles. The van der Waals surface area contributed by atoms with E-state index in [4.69, 9.17) is 9.47 Å². The molecule has 0 saturated carbocycles. The number of nitrogens with zero attached hydrogens (tertiary/aromatic N) is 1. The van der Waals surface area contributed by atoms with Crippen LogP contribution in [0.4, 0.5) is 15.8 Å². The van der Waals surface area contributed by atoms with Gasteiger partial charge in [0.25, 0.3) is 0 Å². The lowest BCUT2D eigenvalue weighted by molar-refractivity contribution is 0.0527. The lowest BCUT2D eigenvalue weighted by atomic mass is 10.1. The van der Waals surface area contributed by atoms with E-state index in [1.54, 1.807) is 32.0 Å². The molecule has 0 atom stereocenters. The quantitative estimate of drug-likeness (QED) is 0.620. The minimum Gasteiger partial charge on any atom is -0.494 e. The summed E-state index contributed by atoms with van der Waals surface area (Å²) in [4.78, 5) is 16.8. The highest BCUT2D eigenvalue weighted by molar-refractivity contribution is 6.06. The smallest absolute Gasteiger partial charge is 0.341 e. The van der Waals surface area contributed by atoms with Crippen LogP contribution in [0.2, 0.25) is 0 Å². The number of aryl methyl sites for hydroxylation is 1. The van der Waals surface area contributed by atoms with Crippen molar-refractivity contribution in [3.8, 4) is 5.75 Å². The van der Waals surface area contributed by atoms with Crippen molar-refractivity contribution in [3.05, 3.63) is 59.5 Å². The average Bonchev–Trinajstić information content (AvgIpc) is 2.65. The highest BCUT2D eigenvalue weighted by atomic mass is 19.1. The normalized spacial score (nSPS) is 10.7. The first-order chi connectivity index (χ1) is 13.0. The number of anilines is 2. The summed E-state index contributed by atoms with van der Waals surface area (Å²) in [6, 6.07) is 10.3. The molecule has 1 heterocycles. The van der Waals surface area contributed by atoms with E-state index in [2.05, 4.69) is 10.3 Å². The number of nitrogens with one attached hydrogen (secondary N) is 1. The summed E-state index contributed by atoms with van der Waals surface area (Å²) in [6.07, 6.45) is 1.47. The zero-order valence-corrected chi connectivity index (χ0v) is 15.5. The van der Waals surface area contributed by atoms with Crippen molar-refractivity contribution in [2.45, 2.75) is 20.8 Å². The molecule has 1 aromatic heterocycles. The molecule has 6 heteroatoms. The van der Waals surface area contributed by atoms with Gasteiger partial charge in [-0.3, -0.25) is 4.98 Å². The fraction of sp³-hybridized carbons (Fsp3) is 0.238. The van der Waals surface area contributed by atoms with E-state index in [1.807, 2.05) is 19.1 Å². The number of rotatable bonds is 6. The SMILES string of the molecule is CCOC(=O)c1cnc2ccc(OCC)cc2c1Nc1ccc(C)c(F)c1. The van der Waals surface area contributed by atoms with Crippen LogP contribution in [-0.4, -0.2) is 24.2 Å². The maximum absolute atomic E-state index is 14.0. The van der Waals surface area contributed by atoms with Gasteiger partial charge in [-0.2, -0.15) is 0 Å². The molecule has 0 amide bonds. The minimum atomic E-state index is -0.496. The van der Waals surface area contributed by atoms with Gasteiger partial charge in [-0.05, 0) is 56.7 Å². The Kier molecular flexibility index (Phi) is 5.54. The number of esters is 1. The van der Waals surface area contributed by atoms with Crippen LogP contribution in [0.3, 0.4) is 0 Å². The first-order valence-corrected chi connectivity index (χ1v) is 8.79. The zero-order chi connectivity index (χ0) is 19.4. The summed E-state index contributed by atoms with van der Waals surface area (Å²) in [5.41, 5.74) is 2.53. The number of carbonyl (C=O) groups excluding carboxylic acids is 1. The molecular formula is C21H21FN2O3. The molecule has 0 aliphatic heterocycles. The second-order valence-corrected chi connectivity index (χ2v) is 5.97. The third-order valence-electron chi connectivity index (χ3n) is 4.09. The van der Waals surface area contributed by atoms with Gasteiger partial charge in [0.2, 0.25) is 0 Å². The van der Waals surface area contributed by atoms with Crippen LogP contribution in [0.1, 0.15) is 29.8 Å². The molecule has 140 valence electrons. The molecule has 3 aromatic rings. The molecule has 5 nitrogen and oxygen atoms in total. The lowest BCUT2D eigenvalue weighted by Gasteiger charge is -2.15. The van der Waals surface area contributed by atoms with Crippen LogP contribution in [0.15, 0.2) is 42.6 Å². The average molecular weight is 368 g/mol. The van der Waals surface area contributed by atoms with Crippen molar-refractivity contribution in [3.63, 3.8) is 0 Å². The molecule has 1 N–H and O–H groups in total. The standard InChI is InChI=1S/C21H21FN2O3/c1-4-26-15-8-9-19-16(11-15)20(17(12-23-19)21(25)27-5-2)24-14-7-6-13(3)18(22)10-14/h6-12H,4-5H2,1-3H3,(H,23,24). The number of benzene rings is 2. The van der Waals surface area contributed by atoms with Gasteiger partial charge in [0.1, 0.15) is 17.1 Å². The molecule has 0 spiro atoms. The summed E-state index contributed by atoms with van der Waals surface area (Å²) in [7, 11) is 0. The van der Waals surface area contributed by atoms with E-state index in [-0.39, 0.29) is 18.0 Å². The Balaban J connectivity index is 2.16. The van der Waals surface area contributed by atoms with Gasteiger partial charge in [-0.1, -0.05) is 6.07 Å². The third kappa shape index (κ3) is 4.00. The number of halogens is 1. The summed E-state index contributed by atoms with van der Waals surface area (Å²) >= 11 is 0. The van der Waals surface area contributed by atoms with Crippen LogP contribution in [0.5, 0.6) is 5.75 Å². The number of carbonyl (C=O) groups is 1. The Hall–Kier alpha value is -3.15. The minimum absolute atomic E-state index is 0.244. The predicted molar refractivity (Wildman–Crippen MR) is 103 cm³/mol. The fourth-order valence-electron chi connectivity index (χ4n) is 2.74. The molecule has 0 fully saturated rings. The Labute approximate surface area is 157 Å². The van der Waals surface area contributed by atoms with Gasteiger partial charge >= 0.3 is 5.97 Å². The molecule has 0 bridgehead atoms. The van der Waals surface area contributed by atoms with Gasteiger partial charge in [-0.15, -0.1) is 0 Å². The largest absolute Gasteiger partial charge is 0.494 e. The van der Waals surface area contributed by atoms with Crippen LogP contribution < -0.4 is 10.1 Å². The van der Waals surface area contributed by atoms with Crippen molar-refractivity contribution >= 4 is 28.2 Å². The predicted octanol–water partition coefficient (Wildman–Crippen LogP) is 5.00. The van der Waals surface area contributed by atoms with Crippen molar-refractivity contribution in [1.29, 1.82) is 0 Å². The van der Waals surface area contributed by atoms with Gasteiger partial charge in [0.15, 0.2) is 0 Å². The van der Waals surface area contributed by atoms with E-state index < -0.39 is 5.97 Å². The monoisotopic (exact) mass is 368 g/mol. The number of hydrogen-bond donors (Lipinski definition) is 1.